The van der Waals surface area contributed by atoms with Crippen LogP contribution >= 0.6 is 0 Å². The lowest BCUT2D eigenvalue weighted by molar-refractivity contribution is 0.101. The molecule has 0 amide bonds. The number of nitrogens with zero attached hydrogens (tertiary/aromatic N) is 1. The number of hydrogen-bond donors (Lipinski definition) is 0. The Morgan fingerprint density at radius 3 is 2.24 bits per heavy atom. The van der Waals surface area contributed by atoms with Gasteiger partial charge >= 0.3 is 0 Å². The third-order valence-corrected chi connectivity index (χ3v) is 4.14. The van der Waals surface area contributed by atoms with Crippen LogP contribution in [0, 0.1) is 11.3 Å². The van der Waals surface area contributed by atoms with E-state index in [2.05, 4.69) is 6.07 Å². The number of benzene rings is 3. The van der Waals surface area contributed by atoms with Gasteiger partial charge in [0.25, 0.3) is 0 Å². The van der Waals surface area contributed by atoms with Crippen LogP contribution in [-0.2, 0) is 0 Å². The van der Waals surface area contributed by atoms with Gasteiger partial charge in [0.05, 0.1) is 11.6 Å². The summed E-state index contributed by atoms with van der Waals surface area (Å²) < 4.78 is 5.91. The van der Waals surface area contributed by atoms with E-state index in [4.69, 9.17) is 9.68 Å². The van der Waals surface area contributed by atoms with Gasteiger partial charge < -0.3 is 4.42 Å². The molecule has 25 heavy (non-hydrogen) atoms. The second-order valence-electron chi connectivity index (χ2n) is 5.69. The van der Waals surface area contributed by atoms with E-state index in [1.165, 1.54) is 0 Å². The molecule has 0 unspecified atom stereocenters. The molecule has 4 aromatic rings. The van der Waals surface area contributed by atoms with Crippen molar-refractivity contribution in [3.05, 3.63) is 95.7 Å². The summed E-state index contributed by atoms with van der Waals surface area (Å²) in [7, 11) is 0. The molecule has 4 rings (SSSR count). The molecule has 0 fully saturated rings. The standard InChI is InChI=1S/C22H13NO2/c23-14-15-10-12-16(13-11-15)20-18-8-4-5-9-19(18)25-22(20)21(24)17-6-2-1-3-7-17/h1-13H. The maximum atomic E-state index is 13.0. The SMILES string of the molecule is N#Cc1ccc(-c2c(C(=O)c3ccccc3)oc3ccccc23)cc1. The fourth-order valence-corrected chi connectivity index (χ4v) is 2.92. The number of fused-ring (bicyclic) bond motifs is 1. The Balaban J connectivity index is 1.95. The molecule has 0 saturated carbocycles. The Bertz CT molecular complexity index is 1100. The number of nitriles is 1. The minimum absolute atomic E-state index is 0.156. The van der Waals surface area contributed by atoms with E-state index in [0.29, 0.717) is 22.5 Å². The van der Waals surface area contributed by atoms with Crippen LogP contribution in [0.25, 0.3) is 22.1 Å². The maximum absolute atomic E-state index is 13.0. The quantitative estimate of drug-likeness (QED) is 0.487. The Kier molecular flexibility index (Phi) is 3.64. The number of hydrogen-bond acceptors (Lipinski definition) is 3. The first-order chi connectivity index (χ1) is 12.3. The first-order valence-electron chi connectivity index (χ1n) is 7.90. The molecule has 0 atom stereocenters. The summed E-state index contributed by atoms with van der Waals surface area (Å²) in [5.74, 6) is 0.160. The van der Waals surface area contributed by atoms with Crippen molar-refractivity contribution in [2.75, 3.05) is 0 Å². The maximum Gasteiger partial charge on any atom is 0.228 e. The molecule has 1 heterocycles. The van der Waals surface area contributed by atoms with E-state index in [1.54, 1.807) is 24.3 Å². The predicted octanol–water partition coefficient (Wildman–Crippen LogP) is 5.20. The molecule has 1 aromatic heterocycles. The summed E-state index contributed by atoms with van der Waals surface area (Å²) in [5, 5.41) is 9.88. The number of para-hydroxylation sites is 1. The third kappa shape index (κ3) is 2.60. The summed E-state index contributed by atoms with van der Waals surface area (Å²) in [5.41, 5.74) is 3.43. The van der Waals surface area contributed by atoms with Gasteiger partial charge in [-0.15, -0.1) is 0 Å². The van der Waals surface area contributed by atoms with Gasteiger partial charge in [-0.1, -0.05) is 60.7 Å². The van der Waals surface area contributed by atoms with Crippen LogP contribution in [0.4, 0.5) is 0 Å². The topological polar surface area (TPSA) is 54.0 Å². The van der Waals surface area contributed by atoms with E-state index in [0.717, 1.165) is 16.5 Å². The number of furan rings is 1. The Morgan fingerprint density at radius 2 is 1.52 bits per heavy atom. The van der Waals surface area contributed by atoms with Crippen LogP contribution in [0.2, 0.25) is 0 Å². The summed E-state index contributed by atoms with van der Waals surface area (Å²) in [4.78, 5) is 13.0. The Hall–Kier alpha value is -3.64. The van der Waals surface area contributed by atoms with Crippen molar-refractivity contribution in [2.45, 2.75) is 0 Å². The molecule has 0 bridgehead atoms. The van der Waals surface area contributed by atoms with Gasteiger partial charge in [-0.05, 0) is 23.8 Å². The van der Waals surface area contributed by atoms with Gasteiger partial charge in [0.2, 0.25) is 5.78 Å². The van der Waals surface area contributed by atoms with Crippen LogP contribution in [0.3, 0.4) is 0 Å². The molecule has 0 N–H and O–H groups in total. The minimum Gasteiger partial charge on any atom is -0.452 e. The van der Waals surface area contributed by atoms with Gasteiger partial charge in [-0.2, -0.15) is 5.26 Å². The molecule has 0 saturated heterocycles. The van der Waals surface area contributed by atoms with Gasteiger partial charge in [0.1, 0.15) is 5.58 Å². The van der Waals surface area contributed by atoms with Crippen molar-refractivity contribution in [3.63, 3.8) is 0 Å². The lowest BCUT2D eigenvalue weighted by Crippen LogP contribution is -2.01. The number of carbonyl (C=O) groups excluding carboxylic acids is 1. The third-order valence-electron chi connectivity index (χ3n) is 4.14. The van der Waals surface area contributed by atoms with Gasteiger partial charge in [0, 0.05) is 16.5 Å². The van der Waals surface area contributed by atoms with E-state index in [-0.39, 0.29) is 5.78 Å². The number of ketones is 1. The monoisotopic (exact) mass is 323 g/mol. The highest BCUT2D eigenvalue weighted by molar-refractivity contribution is 6.15. The van der Waals surface area contributed by atoms with Crippen molar-refractivity contribution >= 4 is 16.8 Å². The van der Waals surface area contributed by atoms with E-state index < -0.39 is 0 Å². The second-order valence-corrected chi connectivity index (χ2v) is 5.69. The summed E-state index contributed by atoms with van der Waals surface area (Å²) in [6.45, 7) is 0. The highest BCUT2D eigenvalue weighted by Gasteiger charge is 2.22. The van der Waals surface area contributed by atoms with E-state index in [9.17, 15) is 4.79 Å². The molecule has 3 aromatic carbocycles. The van der Waals surface area contributed by atoms with Crippen molar-refractivity contribution < 1.29 is 9.21 Å². The second kappa shape index (κ2) is 6.10. The highest BCUT2D eigenvalue weighted by atomic mass is 16.3. The lowest BCUT2D eigenvalue weighted by Gasteiger charge is -2.04. The fraction of sp³-hybridized carbons (Fsp3) is 0. The Labute approximate surface area is 144 Å². The zero-order valence-electron chi connectivity index (χ0n) is 13.3. The van der Waals surface area contributed by atoms with Crippen molar-refractivity contribution in [1.29, 1.82) is 5.26 Å². The largest absolute Gasteiger partial charge is 0.452 e. The highest BCUT2D eigenvalue weighted by Crippen LogP contribution is 2.36. The smallest absolute Gasteiger partial charge is 0.228 e. The molecule has 3 heteroatoms. The van der Waals surface area contributed by atoms with Crippen molar-refractivity contribution in [3.8, 4) is 17.2 Å². The molecule has 118 valence electrons. The van der Waals surface area contributed by atoms with E-state index in [1.807, 2.05) is 54.6 Å². The summed E-state index contributed by atoms with van der Waals surface area (Å²) in [6, 6.07) is 26.0. The Morgan fingerprint density at radius 1 is 0.840 bits per heavy atom. The summed E-state index contributed by atoms with van der Waals surface area (Å²) >= 11 is 0. The fourth-order valence-electron chi connectivity index (χ4n) is 2.92. The number of carbonyl (C=O) groups is 1. The van der Waals surface area contributed by atoms with Crippen LogP contribution in [-0.4, -0.2) is 5.78 Å². The molecule has 0 aliphatic rings. The van der Waals surface area contributed by atoms with Gasteiger partial charge in [0.15, 0.2) is 5.76 Å². The van der Waals surface area contributed by atoms with Crippen molar-refractivity contribution in [1.82, 2.24) is 0 Å². The number of rotatable bonds is 3. The molecule has 0 aliphatic carbocycles. The van der Waals surface area contributed by atoms with Crippen LogP contribution in [0.15, 0.2) is 83.3 Å². The molecule has 3 nitrogen and oxygen atoms in total. The zero-order valence-corrected chi connectivity index (χ0v) is 13.3. The minimum atomic E-state index is -0.156. The molecule has 0 radical (unpaired) electrons. The molecule has 0 spiro atoms. The molecular weight excluding hydrogens is 310 g/mol. The average molecular weight is 323 g/mol. The normalized spacial score (nSPS) is 10.5. The molecule has 0 aliphatic heterocycles. The van der Waals surface area contributed by atoms with Crippen molar-refractivity contribution in [2.24, 2.45) is 0 Å². The summed E-state index contributed by atoms with van der Waals surface area (Å²) in [6.07, 6.45) is 0. The van der Waals surface area contributed by atoms with Crippen LogP contribution in [0.5, 0.6) is 0 Å². The van der Waals surface area contributed by atoms with Crippen LogP contribution < -0.4 is 0 Å². The van der Waals surface area contributed by atoms with Gasteiger partial charge in [-0.3, -0.25) is 4.79 Å². The van der Waals surface area contributed by atoms with E-state index >= 15 is 0 Å². The predicted molar refractivity (Wildman–Crippen MR) is 96.2 cm³/mol. The first-order valence-corrected chi connectivity index (χ1v) is 7.90. The zero-order chi connectivity index (χ0) is 17.2. The first kappa shape index (κ1) is 14.9. The average Bonchev–Trinajstić information content (AvgIpc) is 3.07. The van der Waals surface area contributed by atoms with Crippen LogP contribution in [0.1, 0.15) is 21.7 Å². The van der Waals surface area contributed by atoms with Gasteiger partial charge in [-0.25, -0.2) is 0 Å². The molecular formula is C22H13NO2. The lowest BCUT2D eigenvalue weighted by atomic mass is 9.97.